The summed E-state index contributed by atoms with van der Waals surface area (Å²) in [6.07, 6.45) is 2.09. The van der Waals surface area contributed by atoms with Crippen LogP contribution in [-0.4, -0.2) is 33.2 Å². The van der Waals surface area contributed by atoms with Gasteiger partial charge in [-0.15, -0.1) is 0 Å². The van der Waals surface area contributed by atoms with E-state index in [1.807, 2.05) is 0 Å². The Kier molecular flexibility index (Phi) is 3.62. The SMILES string of the molecule is O=C(O)CCCC1=C(O)C(=O)C(O)C=C1. The molecule has 0 aliphatic heterocycles. The zero-order valence-corrected chi connectivity index (χ0v) is 8.01. The van der Waals surface area contributed by atoms with Crippen LogP contribution < -0.4 is 0 Å². The van der Waals surface area contributed by atoms with Gasteiger partial charge in [0.25, 0.3) is 0 Å². The van der Waals surface area contributed by atoms with Crippen LogP contribution in [0.1, 0.15) is 19.3 Å². The number of allylic oxidation sites excluding steroid dienone is 2. The normalized spacial score (nSPS) is 20.9. The van der Waals surface area contributed by atoms with Gasteiger partial charge in [-0.2, -0.15) is 0 Å². The van der Waals surface area contributed by atoms with E-state index in [-0.39, 0.29) is 6.42 Å². The van der Waals surface area contributed by atoms with Crippen molar-refractivity contribution in [2.75, 3.05) is 0 Å². The molecule has 5 nitrogen and oxygen atoms in total. The number of ketones is 1. The molecule has 0 bridgehead atoms. The second-order valence-corrected chi connectivity index (χ2v) is 3.29. The molecule has 0 radical (unpaired) electrons. The fraction of sp³-hybridized carbons (Fsp3) is 0.400. The number of carboxylic acid groups (broad SMARTS) is 1. The van der Waals surface area contributed by atoms with Gasteiger partial charge >= 0.3 is 5.97 Å². The van der Waals surface area contributed by atoms with Crippen molar-refractivity contribution in [3.05, 3.63) is 23.5 Å². The Bertz CT molecular complexity index is 340. The van der Waals surface area contributed by atoms with Crippen LogP contribution in [-0.2, 0) is 9.59 Å². The van der Waals surface area contributed by atoms with E-state index in [0.29, 0.717) is 18.4 Å². The van der Waals surface area contributed by atoms with Gasteiger partial charge in [-0.25, -0.2) is 0 Å². The van der Waals surface area contributed by atoms with Crippen molar-refractivity contribution in [1.82, 2.24) is 0 Å². The number of rotatable bonds is 4. The summed E-state index contributed by atoms with van der Waals surface area (Å²) in [5, 5.41) is 26.8. The van der Waals surface area contributed by atoms with Gasteiger partial charge < -0.3 is 15.3 Å². The largest absolute Gasteiger partial charge is 0.504 e. The molecule has 0 spiro atoms. The molecule has 1 aliphatic rings. The van der Waals surface area contributed by atoms with Gasteiger partial charge in [0.05, 0.1) is 0 Å². The first-order chi connectivity index (χ1) is 7.02. The van der Waals surface area contributed by atoms with Crippen LogP contribution in [0.25, 0.3) is 0 Å². The molecule has 1 aliphatic carbocycles. The second-order valence-electron chi connectivity index (χ2n) is 3.29. The van der Waals surface area contributed by atoms with Crippen molar-refractivity contribution >= 4 is 11.8 Å². The van der Waals surface area contributed by atoms with Gasteiger partial charge in [-0.05, 0) is 24.5 Å². The van der Waals surface area contributed by atoms with E-state index in [4.69, 9.17) is 10.2 Å². The summed E-state index contributed by atoms with van der Waals surface area (Å²) in [6, 6.07) is 0. The fourth-order valence-electron chi connectivity index (χ4n) is 1.30. The van der Waals surface area contributed by atoms with E-state index in [0.717, 1.165) is 0 Å². The number of aliphatic hydroxyl groups excluding tert-OH is 2. The lowest BCUT2D eigenvalue weighted by Gasteiger charge is -2.13. The molecule has 1 unspecified atom stereocenters. The van der Waals surface area contributed by atoms with E-state index >= 15 is 0 Å². The van der Waals surface area contributed by atoms with Crippen molar-refractivity contribution in [3.8, 4) is 0 Å². The zero-order chi connectivity index (χ0) is 11.4. The quantitative estimate of drug-likeness (QED) is 0.632. The number of carboxylic acids is 1. The highest BCUT2D eigenvalue weighted by Crippen LogP contribution is 2.19. The van der Waals surface area contributed by atoms with Gasteiger partial charge in [-0.1, -0.05) is 6.08 Å². The van der Waals surface area contributed by atoms with Crippen molar-refractivity contribution < 1.29 is 24.9 Å². The minimum Gasteiger partial charge on any atom is -0.504 e. The summed E-state index contributed by atoms with van der Waals surface area (Å²) in [5.74, 6) is -2.11. The molecule has 82 valence electrons. The Balaban J connectivity index is 2.58. The number of hydrogen-bond donors (Lipinski definition) is 3. The summed E-state index contributed by atoms with van der Waals surface area (Å²) in [5.41, 5.74) is 0.381. The number of carbonyl (C=O) groups excluding carboxylic acids is 1. The predicted molar refractivity (Wildman–Crippen MR) is 51.3 cm³/mol. The first-order valence-corrected chi connectivity index (χ1v) is 4.56. The Hall–Kier alpha value is -1.62. The van der Waals surface area contributed by atoms with Gasteiger partial charge in [-0.3, -0.25) is 9.59 Å². The van der Waals surface area contributed by atoms with Crippen molar-refractivity contribution in [3.63, 3.8) is 0 Å². The number of Topliss-reactive ketones (excluding diaryl/α,β-unsaturated/α-hetero) is 1. The van der Waals surface area contributed by atoms with Crippen molar-refractivity contribution in [2.45, 2.75) is 25.4 Å². The highest BCUT2D eigenvalue weighted by Gasteiger charge is 2.23. The van der Waals surface area contributed by atoms with Crippen LogP contribution in [0, 0.1) is 0 Å². The smallest absolute Gasteiger partial charge is 0.303 e. The Morgan fingerprint density at radius 3 is 2.73 bits per heavy atom. The lowest BCUT2D eigenvalue weighted by Crippen LogP contribution is -2.23. The molecular weight excluding hydrogens is 200 g/mol. The van der Waals surface area contributed by atoms with Gasteiger partial charge in [0.2, 0.25) is 5.78 Å². The molecule has 15 heavy (non-hydrogen) atoms. The molecular formula is C10H12O5. The molecule has 0 saturated heterocycles. The Morgan fingerprint density at radius 2 is 2.13 bits per heavy atom. The first-order valence-electron chi connectivity index (χ1n) is 4.56. The first kappa shape index (κ1) is 11.5. The van der Waals surface area contributed by atoms with E-state index in [1.54, 1.807) is 0 Å². The summed E-state index contributed by atoms with van der Waals surface area (Å²) >= 11 is 0. The maximum Gasteiger partial charge on any atom is 0.303 e. The third-order valence-electron chi connectivity index (χ3n) is 2.12. The number of carbonyl (C=O) groups is 2. The zero-order valence-electron chi connectivity index (χ0n) is 8.01. The predicted octanol–water partition coefficient (Wildman–Crippen LogP) is 0.553. The van der Waals surface area contributed by atoms with Crippen LogP contribution >= 0.6 is 0 Å². The average Bonchev–Trinajstić information content (AvgIpc) is 2.18. The van der Waals surface area contributed by atoms with Crippen LogP contribution in [0.15, 0.2) is 23.5 Å². The molecule has 0 aromatic carbocycles. The van der Waals surface area contributed by atoms with Gasteiger partial charge in [0.15, 0.2) is 5.76 Å². The molecule has 3 N–H and O–H groups in total. The van der Waals surface area contributed by atoms with Crippen LogP contribution in [0.5, 0.6) is 0 Å². The molecule has 0 heterocycles. The molecule has 0 aromatic rings. The molecule has 0 fully saturated rings. The molecule has 1 rings (SSSR count). The van der Waals surface area contributed by atoms with Crippen molar-refractivity contribution in [2.24, 2.45) is 0 Å². The summed E-state index contributed by atoms with van der Waals surface area (Å²) < 4.78 is 0. The van der Waals surface area contributed by atoms with E-state index in [2.05, 4.69) is 0 Å². The Labute approximate surface area is 86.3 Å². The highest BCUT2D eigenvalue weighted by molar-refractivity contribution is 6.00. The van der Waals surface area contributed by atoms with Crippen LogP contribution in [0.4, 0.5) is 0 Å². The second kappa shape index (κ2) is 4.75. The number of hydrogen-bond acceptors (Lipinski definition) is 4. The summed E-state index contributed by atoms with van der Waals surface area (Å²) in [6.45, 7) is 0. The van der Waals surface area contributed by atoms with Gasteiger partial charge in [0, 0.05) is 6.42 Å². The molecule has 0 saturated carbocycles. The van der Waals surface area contributed by atoms with E-state index < -0.39 is 23.6 Å². The topological polar surface area (TPSA) is 94.8 Å². The highest BCUT2D eigenvalue weighted by atomic mass is 16.4. The maximum atomic E-state index is 11.1. The number of aliphatic carboxylic acids is 1. The Morgan fingerprint density at radius 1 is 1.47 bits per heavy atom. The van der Waals surface area contributed by atoms with E-state index in [9.17, 15) is 14.7 Å². The summed E-state index contributed by atoms with van der Waals surface area (Å²) in [4.78, 5) is 21.3. The minimum atomic E-state index is -1.28. The lowest BCUT2D eigenvalue weighted by atomic mass is 9.97. The van der Waals surface area contributed by atoms with Crippen LogP contribution in [0.2, 0.25) is 0 Å². The monoisotopic (exact) mass is 212 g/mol. The maximum absolute atomic E-state index is 11.1. The number of aliphatic hydroxyl groups is 2. The third kappa shape index (κ3) is 2.92. The molecule has 5 heteroatoms. The standard InChI is InChI=1S/C10H12O5/c11-7-5-4-6(9(14)10(7)15)2-1-3-8(12)13/h4-5,7,11,14H,1-3H2,(H,12,13). The van der Waals surface area contributed by atoms with E-state index in [1.165, 1.54) is 12.2 Å². The average molecular weight is 212 g/mol. The van der Waals surface area contributed by atoms with Gasteiger partial charge in [0.1, 0.15) is 6.10 Å². The fourth-order valence-corrected chi connectivity index (χ4v) is 1.30. The summed E-state index contributed by atoms with van der Waals surface area (Å²) in [7, 11) is 0. The van der Waals surface area contributed by atoms with Crippen LogP contribution in [0.3, 0.4) is 0 Å². The third-order valence-corrected chi connectivity index (χ3v) is 2.12. The molecule has 0 aromatic heterocycles. The minimum absolute atomic E-state index is 0.0125. The van der Waals surface area contributed by atoms with Crippen molar-refractivity contribution in [1.29, 1.82) is 0 Å². The molecule has 0 amide bonds. The lowest BCUT2D eigenvalue weighted by molar-refractivity contribution is -0.137. The molecule has 1 atom stereocenters.